The van der Waals surface area contributed by atoms with Gasteiger partial charge >= 0.3 is 24.0 Å². The minimum absolute atomic E-state index is 0.0517. The lowest BCUT2D eigenvalue weighted by Gasteiger charge is -2.28. The number of hydrogen-bond donors (Lipinski definition) is 1. The second-order valence-corrected chi connectivity index (χ2v) is 15.3. The number of rotatable bonds is 7. The molecule has 2 aromatic heterocycles. The van der Waals surface area contributed by atoms with Crippen molar-refractivity contribution in [2.45, 2.75) is 72.8 Å². The van der Waals surface area contributed by atoms with E-state index in [0.717, 1.165) is 16.7 Å². The summed E-state index contributed by atoms with van der Waals surface area (Å²) in [5.41, 5.74) is 1.27. The average molecular weight is 807 g/mol. The number of aryl methyl sites for hydroxylation is 1. The minimum atomic E-state index is -1.00. The first-order valence-corrected chi connectivity index (χ1v) is 19.3. The van der Waals surface area contributed by atoms with Crippen molar-refractivity contribution in [3.8, 4) is 0 Å². The van der Waals surface area contributed by atoms with Gasteiger partial charge in [-0.1, -0.05) is 48.0 Å². The smallest absolute Gasteiger partial charge is 0.425 e. The van der Waals surface area contributed by atoms with E-state index in [-0.39, 0.29) is 36.4 Å². The number of fused-ring (bicyclic) bond motifs is 1. The summed E-state index contributed by atoms with van der Waals surface area (Å²) in [5.74, 6) is -1.80. The normalized spacial score (nSPS) is 11.9. The lowest BCUT2D eigenvalue weighted by Crippen LogP contribution is -2.44. The molecule has 4 amide bonds. The van der Waals surface area contributed by atoms with Crippen LogP contribution in [0.15, 0.2) is 60.9 Å². The molecular formula is C33H37ClIN6O6P. The maximum Gasteiger partial charge on any atom is 0.425 e. The van der Waals surface area contributed by atoms with Crippen LogP contribution in [-0.2, 0) is 32.2 Å². The van der Waals surface area contributed by atoms with Crippen LogP contribution in [0.5, 0.6) is 0 Å². The second-order valence-electron chi connectivity index (χ2n) is 12.9. The van der Waals surface area contributed by atoms with Gasteiger partial charge in [0.1, 0.15) is 16.7 Å². The Hall–Kier alpha value is -3.81. The van der Waals surface area contributed by atoms with Crippen molar-refractivity contribution in [1.29, 1.82) is 0 Å². The lowest BCUT2D eigenvalue weighted by molar-refractivity contribution is -0.144. The van der Waals surface area contributed by atoms with Gasteiger partial charge in [0.05, 0.1) is 29.8 Å². The van der Waals surface area contributed by atoms with E-state index in [0.29, 0.717) is 15.4 Å². The van der Waals surface area contributed by atoms with Gasteiger partial charge in [0, 0.05) is 18.1 Å². The van der Waals surface area contributed by atoms with Crippen LogP contribution in [0.1, 0.15) is 58.2 Å². The molecule has 0 fully saturated rings. The number of anilines is 2. The molecule has 1 unspecified atom stereocenters. The van der Waals surface area contributed by atoms with Crippen molar-refractivity contribution >= 4 is 86.4 Å². The van der Waals surface area contributed by atoms with Crippen molar-refractivity contribution in [1.82, 2.24) is 19.4 Å². The molecule has 254 valence electrons. The van der Waals surface area contributed by atoms with Crippen LogP contribution >= 0.6 is 40.0 Å². The summed E-state index contributed by atoms with van der Waals surface area (Å²) >= 11 is 8.18. The Kier molecular flexibility index (Phi) is 11.7. The first-order chi connectivity index (χ1) is 22.5. The summed E-state index contributed by atoms with van der Waals surface area (Å²) in [6.07, 6.45) is 0.737. The number of nitrogens with one attached hydrogen (secondary N) is 1. The highest BCUT2D eigenvalue weighted by Gasteiger charge is 2.36. The number of carbonyl (C=O) groups excluding carboxylic acids is 4. The Morgan fingerprint density at radius 3 is 2.08 bits per heavy atom. The van der Waals surface area contributed by atoms with E-state index in [2.05, 4.69) is 37.4 Å². The standard InChI is InChI=1S/C33H37ClIN6O6P/c1-20-10-8-9-11-22(20)19-39(18-21-12-14-23(34)15-13-21)29(43)28(42)38-25-17-36-27(24-16-37-41(48-35)26(24)25)40(30(44)46-32(2,3)4)31(45)47-33(5,6)7/h8-17,48H,18-19H2,1-7H3,(H,38,42). The zero-order valence-corrected chi connectivity index (χ0v) is 31.5. The first-order valence-electron chi connectivity index (χ1n) is 14.9. The monoisotopic (exact) mass is 806 g/mol. The molecule has 0 spiro atoms. The molecule has 0 aliphatic carbocycles. The van der Waals surface area contributed by atoms with Crippen molar-refractivity contribution in [3.63, 3.8) is 0 Å². The Morgan fingerprint density at radius 1 is 0.917 bits per heavy atom. The summed E-state index contributed by atoms with van der Waals surface area (Å²) in [5, 5.41) is 7.89. The minimum Gasteiger partial charge on any atom is -0.443 e. The fraction of sp³-hybridized carbons (Fsp3) is 0.333. The fourth-order valence-corrected chi connectivity index (χ4v) is 6.20. The number of carbonyl (C=O) groups is 4. The highest BCUT2D eigenvalue weighted by molar-refractivity contribution is 14.2. The number of hydrogen-bond acceptors (Lipinski definition) is 8. The van der Waals surface area contributed by atoms with Gasteiger partial charge in [-0.3, -0.25) is 9.59 Å². The largest absolute Gasteiger partial charge is 0.443 e. The van der Waals surface area contributed by atoms with Crippen LogP contribution in [0.4, 0.5) is 21.1 Å². The summed E-state index contributed by atoms with van der Waals surface area (Å²) in [6, 6.07) is 14.7. The number of amides is 4. The predicted molar refractivity (Wildman–Crippen MR) is 196 cm³/mol. The maximum atomic E-state index is 13.8. The Labute approximate surface area is 298 Å². The molecule has 4 aromatic rings. The first kappa shape index (κ1) is 37.0. The van der Waals surface area contributed by atoms with Crippen molar-refractivity contribution < 1.29 is 28.7 Å². The molecule has 4 rings (SSSR count). The molecule has 12 nitrogen and oxygen atoms in total. The van der Waals surface area contributed by atoms with Gasteiger partial charge in [-0.2, -0.15) is 10.00 Å². The summed E-state index contributed by atoms with van der Waals surface area (Å²) in [7, 11) is 0. The fourth-order valence-electron chi connectivity index (χ4n) is 4.55. The molecule has 0 saturated carbocycles. The molecule has 0 bridgehead atoms. The van der Waals surface area contributed by atoms with Gasteiger partial charge in [0.15, 0.2) is 5.82 Å². The van der Waals surface area contributed by atoms with E-state index in [9.17, 15) is 19.2 Å². The van der Waals surface area contributed by atoms with Crippen molar-refractivity contribution in [3.05, 3.63) is 82.6 Å². The van der Waals surface area contributed by atoms with Crippen LogP contribution in [0, 0.1) is 6.92 Å². The number of aromatic nitrogens is 3. The maximum absolute atomic E-state index is 13.8. The van der Waals surface area contributed by atoms with E-state index in [1.807, 2.05) is 31.2 Å². The lowest BCUT2D eigenvalue weighted by atomic mass is 10.1. The van der Waals surface area contributed by atoms with Gasteiger partial charge in [-0.25, -0.2) is 19.0 Å². The summed E-state index contributed by atoms with van der Waals surface area (Å²) in [4.78, 5) is 60.8. The van der Waals surface area contributed by atoms with Crippen LogP contribution in [0.25, 0.3) is 10.9 Å². The van der Waals surface area contributed by atoms with Crippen LogP contribution in [0.3, 0.4) is 0 Å². The van der Waals surface area contributed by atoms with E-state index in [1.54, 1.807) is 70.3 Å². The van der Waals surface area contributed by atoms with Crippen molar-refractivity contribution in [2.24, 2.45) is 0 Å². The molecule has 2 heterocycles. The third kappa shape index (κ3) is 9.42. The number of halogens is 2. The predicted octanol–water partition coefficient (Wildman–Crippen LogP) is 8.03. The molecule has 0 aliphatic rings. The van der Waals surface area contributed by atoms with Gasteiger partial charge in [-0.15, -0.1) is 0 Å². The molecular weight excluding hydrogens is 770 g/mol. The van der Waals surface area contributed by atoms with Gasteiger partial charge < -0.3 is 19.7 Å². The van der Waals surface area contributed by atoms with Crippen LogP contribution < -0.4 is 10.2 Å². The number of nitrogens with zero attached hydrogens (tertiary/aromatic N) is 5. The quantitative estimate of drug-likeness (QED) is 0.113. The average Bonchev–Trinajstić information content (AvgIpc) is 3.43. The molecule has 1 N–H and O–H groups in total. The number of ether oxygens (including phenoxy) is 2. The van der Waals surface area contributed by atoms with E-state index in [4.69, 9.17) is 21.1 Å². The second kappa shape index (κ2) is 15.2. The van der Waals surface area contributed by atoms with E-state index >= 15 is 0 Å². The summed E-state index contributed by atoms with van der Waals surface area (Å²) < 4.78 is 12.6. The zero-order chi connectivity index (χ0) is 35.4. The molecule has 15 heteroatoms. The Balaban J connectivity index is 1.72. The molecule has 0 radical (unpaired) electrons. The molecule has 1 atom stereocenters. The Bertz CT molecular complexity index is 1810. The zero-order valence-electron chi connectivity index (χ0n) is 27.6. The summed E-state index contributed by atoms with van der Waals surface area (Å²) in [6.45, 7) is 12.3. The van der Waals surface area contributed by atoms with Gasteiger partial charge in [-0.05, 0) is 99.3 Å². The van der Waals surface area contributed by atoms with Crippen molar-refractivity contribution in [2.75, 3.05) is 10.2 Å². The topological polar surface area (TPSA) is 136 Å². The molecule has 48 heavy (non-hydrogen) atoms. The van der Waals surface area contributed by atoms with Gasteiger partial charge in [0.25, 0.3) is 0 Å². The SMILES string of the molecule is Cc1ccccc1CN(Cc1ccc(Cl)cc1)C(=O)C(=O)Nc1cnc(N(C(=O)OC(C)(C)C)C(=O)OC(C)(C)C)c2cnn(PI)c12. The molecule has 0 saturated heterocycles. The number of imide groups is 1. The Morgan fingerprint density at radius 2 is 1.52 bits per heavy atom. The van der Waals surface area contributed by atoms with E-state index < -0.39 is 35.2 Å². The molecule has 2 aromatic carbocycles. The highest BCUT2D eigenvalue weighted by atomic mass is 127. The van der Waals surface area contributed by atoms with E-state index in [1.165, 1.54) is 17.3 Å². The van der Waals surface area contributed by atoms with Gasteiger partial charge in [0.2, 0.25) is 0 Å². The van der Waals surface area contributed by atoms with Crippen LogP contribution in [-0.4, -0.2) is 54.6 Å². The highest BCUT2D eigenvalue weighted by Crippen LogP contribution is 2.37. The van der Waals surface area contributed by atoms with Crippen LogP contribution in [0.2, 0.25) is 5.02 Å². The number of pyridine rings is 1. The third-order valence-electron chi connectivity index (χ3n) is 6.66. The number of benzene rings is 2. The third-order valence-corrected chi connectivity index (χ3v) is 8.79. The molecule has 0 aliphatic heterocycles.